The van der Waals surface area contributed by atoms with Gasteiger partial charge in [0.1, 0.15) is 0 Å². The molecular weight excluding hydrogens is 228 g/mol. The van der Waals surface area contributed by atoms with Gasteiger partial charge in [0.25, 0.3) is 0 Å². The fourth-order valence-electron chi connectivity index (χ4n) is 1.64. The van der Waals surface area contributed by atoms with Crippen LogP contribution in [0.1, 0.15) is 13.8 Å². The third-order valence-electron chi connectivity index (χ3n) is 2.94. The Morgan fingerprint density at radius 2 is 1.94 bits per heavy atom. The monoisotopic (exact) mass is 252 g/mol. The van der Waals surface area contributed by atoms with Crippen LogP contribution in [-0.4, -0.2) is 25.4 Å². The van der Waals surface area contributed by atoms with Crippen molar-refractivity contribution in [3.05, 3.63) is 30.3 Å². The van der Waals surface area contributed by atoms with Crippen molar-refractivity contribution in [1.29, 1.82) is 0 Å². The fourth-order valence-corrected chi connectivity index (χ4v) is 2.47. The molecule has 2 nitrogen and oxygen atoms in total. The molecule has 0 aromatic heterocycles. The van der Waals surface area contributed by atoms with Gasteiger partial charge in [-0.15, -0.1) is 11.8 Å². The van der Waals surface area contributed by atoms with E-state index in [-0.39, 0.29) is 0 Å². The van der Waals surface area contributed by atoms with E-state index in [0.29, 0.717) is 11.8 Å². The van der Waals surface area contributed by atoms with Crippen LogP contribution in [0.4, 0.5) is 0 Å². The van der Waals surface area contributed by atoms with Crippen molar-refractivity contribution in [2.24, 2.45) is 17.6 Å². The maximum Gasteiger partial charge on any atom is 0.0106 e. The summed E-state index contributed by atoms with van der Waals surface area (Å²) in [7, 11) is 0. The lowest BCUT2D eigenvalue weighted by molar-refractivity contribution is 0.375. The molecule has 0 aliphatic carbocycles. The zero-order valence-electron chi connectivity index (χ0n) is 10.9. The molecule has 3 heteroatoms. The highest BCUT2D eigenvalue weighted by Gasteiger charge is 2.09. The first-order chi connectivity index (χ1) is 8.24. The van der Waals surface area contributed by atoms with E-state index in [1.807, 2.05) is 11.8 Å². The Morgan fingerprint density at radius 3 is 2.53 bits per heavy atom. The summed E-state index contributed by atoms with van der Waals surface area (Å²) in [5.41, 5.74) is 5.73. The van der Waals surface area contributed by atoms with Crippen LogP contribution in [0.5, 0.6) is 0 Å². The fraction of sp³-hybridized carbons (Fsp3) is 0.571. The lowest BCUT2D eigenvalue weighted by Gasteiger charge is -2.19. The first-order valence-corrected chi connectivity index (χ1v) is 7.31. The van der Waals surface area contributed by atoms with Crippen molar-refractivity contribution in [2.75, 3.05) is 25.4 Å². The Labute approximate surface area is 109 Å². The van der Waals surface area contributed by atoms with E-state index in [0.717, 1.165) is 25.4 Å². The molecule has 1 aromatic carbocycles. The number of rotatable bonds is 8. The van der Waals surface area contributed by atoms with E-state index >= 15 is 0 Å². The van der Waals surface area contributed by atoms with Crippen molar-refractivity contribution in [1.82, 2.24) is 5.32 Å². The Bertz CT molecular complexity index is 288. The molecule has 96 valence electrons. The smallest absolute Gasteiger partial charge is 0.0106 e. The van der Waals surface area contributed by atoms with Crippen LogP contribution >= 0.6 is 11.8 Å². The summed E-state index contributed by atoms with van der Waals surface area (Å²) in [4.78, 5) is 1.34. The molecule has 0 aliphatic rings. The van der Waals surface area contributed by atoms with Gasteiger partial charge in [-0.25, -0.2) is 0 Å². The minimum atomic E-state index is 0.594. The quantitative estimate of drug-likeness (QED) is 0.552. The molecule has 0 amide bonds. The Hall–Kier alpha value is -0.510. The molecule has 0 bridgehead atoms. The van der Waals surface area contributed by atoms with Crippen LogP contribution in [-0.2, 0) is 0 Å². The molecule has 0 spiro atoms. The van der Waals surface area contributed by atoms with Gasteiger partial charge in [-0.3, -0.25) is 0 Å². The SMILES string of the molecule is CC(C)C(CN)CNCCSc1ccccc1. The largest absolute Gasteiger partial charge is 0.330 e. The van der Waals surface area contributed by atoms with E-state index in [2.05, 4.69) is 49.5 Å². The zero-order chi connectivity index (χ0) is 12.5. The minimum absolute atomic E-state index is 0.594. The third-order valence-corrected chi connectivity index (χ3v) is 3.96. The molecule has 0 heterocycles. The first-order valence-electron chi connectivity index (χ1n) is 6.32. The van der Waals surface area contributed by atoms with Gasteiger partial charge in [0.2, 0.25) is 0 Å². The van der Waals surface area contributed by atoms with Gasteiger partial charge in [0, 0.05) is 17.2 Å². The molecule has 1 aromatic rings. The van der Waals surface area contributed by atoms with Gasteiger partial charge in [0.05, 0.1) is 0 Å². The van der Waals surface area contributed by atoms with E-state index in [9.17, 15) is 0 Å². The molecule has 1 rings (SSSR count). The molecule has 17 heavy (non-hydrogen) atoms. The van der Waals surface area contributed by atoms with Crippen LogP contribution in [0.2, 0.25) is 0 Å². The highest BCUT2D eigenvalue weighted by molar-refractivity contribution is 7.99. The highest BCUT2D eigenvalue weighted by atomic mass is 32.2. The summed E-state index contributed by atoms with van der Waals surface area (Å²) in [6.45, 7) is 7.32. The molecule has 1 atom stereocenters. The van der Waals surface area contributed by atoms with Crippen LogP contribution in [0.3, 0.4) is 0 Å². The van der Waals surface area contributed by atoms with Gasteiger partial charge < -0.3 is 11.1 Å². The molecule has 0 aliphatic heterocycles. The second kappa shape index (κ2) is 8.56. The van der Waals surface area contributed by atoms with Crippen molar-refractivity contribution in [3.8, 4) is 0 Å². The summed E-state index contributed by atoms with van der Waals surface area (Å²) in [5, 5.41) is 3.49. The van der Waals surface area contributed by atoms with Gasteiger partial charge in [-0.2, -0.15) is 0 Å². The maximum absolute atomic E-state index is 5.73. The molecule has 0 fully saturated rings. The summed E-state index contributed by atoms with van der Waals surface area (Å²) in [5.74, 6) is 2.37. The lowest BCUT2D eigenvalue weighted by atomic mass is 9.96. The maximum atomic E-state index is 5.73. The van der Waals surface area contributed by atoms with Gasteiger partial charge in [-0.1, -0.05) is 32.0 Å². The normalized spacial score (nSPS) is 12.9. The second-order valence-corrected chi connectivity index (χ2v) is 5.77. The molecule has 3 N–H and O–H groups in total. The van der Waals surface area contributed by atoms with E-state index in [1.54, 1.807) is 0 Å². The first kappa shape index (κ1) is 14.6. The van der Waals surface area contributed by atoms with Gasteiger partial charge in [0.15, 0.2) is 0 Å². The summed E-state index contributed by atoms with van der Waals surface area (Å²) >= 11 is 1.89. The number of thioether (sulfide) groups is 1. The summed E-state index contributed by atoms with van der Waals surface area (Å²) < 4.78 is 0. The third kappa shape index (κ3) is 6.10. The van der Waals surface area contributed by atoms with Crippen LogP contribution in [0, 0.1) is 11.8 Å². The van der Waals surface area contributed by atoms with Crippen molar-refractivity contribution < 1.29 is 0 Å². The second-order valence-electron chi connectivity index (χ2n) is 4.61. The zero-order valence-corrected chi connectivity index (χ0v) is 11.7. The predicted octanol–water partition coefficient (Wildman–Crippen LogP) is 2.60. The average Bonchev–Trinajstić information content (AvgIpc) is 2.34. The molecule has 0 radical (unpaired) electrons. The Morgan fingerprint density at radius 1 is 1.24 bits per heavy atom. The number of hydrogen-bond donors (Lipinski definition) is 2. The van der Waals surface area contributed by atoms with Crippen molar-refractivity contribution in [2.45, 2.75) is 18.7 Å². The van der Waals surface area contributed by atoms with Crippen molar-refractivity contribution in [3.63, 3.8) is 0 Å². The number of hydrogen-bond acceptors (Lipinski definition) is 3. The lowest BCUT2D eigenvalue weighted by Crippen LogP contribution is -2.32. The number of benzene rings is 1. The molecule has 1 unspecified atom stereocenters. The average molecular weight is 252 g/mol. The number of nitrogens with two attached hydrogens (primary N) is 1. The Kier molecular flexibility index (Phi) is 7.33. The molecule has 0 saturated heterocycles. The standard InChI is InChI=1S/C14H24N2S/c1-12(2)13(10-15)11-16-8-9-17-14-6-4-3-5-7-14/h3-7,12-13,16H,8-11,15H2,1-2H3. The number of nitrogens with one attached hydrogen (secondary N) is 1. The summed E-state index contributed by atoms with van der Waals surface area (Å²) in [6.07, 6.45) is 0. The van der Waals surface area contributed by atoms with E-state index in [1.165, 1.54) is 4.90 Å². The minimum Gasteiger partial charge on any atom is -0.330 e. The summed E-state index contributed by atoms with van der Waals surface area (Å²) in [6, 6.07) is 10.5. The van der Waals surface area contributed by atoms with E-state index < -0.39 is 0 Å². The van der Waals surface area contributed by atoms with Crippen molar-refractivity contribution >= 4 is 11.8 Å². The van der Waals surface area contributed by atoms with E-state index in [4.69, 9.17) is 5.73 Å². The van der Waals surface area contributed by atoms with Gasteiger partial charge >= 0.3 is 0 Å². The van der Waals surface area contributed by atoms with Crippen LogP contribution in [0.15, 0.2) is 35.2 Å². The van der Waals surface area contributed by atoms with Crippen LogP contribution < -0.4 is 11.1 Å². The Balaban J connectivity index is 2.08. The van der Waals surface area contributed by atoms with Gasteiger partial charge in [-0.05, 0) is 37.1 Å². The molecular formula is C14H24N2S. The van der Waals surface area contributed by atoms with Crippen LogP contribution in [0.25, 0.3) is 0 Å². The topological polar surface area (TPSA) is 38.0 Å². The predicted molar refractivity (Wildman–Crippen MR) is 77.4 cm³/mol. The highest BCUT2D eigenvalue weighted by Crippen LogP contribution is 2.15. The molecule has 0 saturated carbocycles.